The van der Waals surface area contributed by atoms with Crippen molar-refractivity contribution in [2.75, 3.05) is 25.1 Å². The molecular weight excluding hydrogens is 224 g/mol. The minimum absolute atomic E-state index is 0.376. The van der Waals surface area contributed by atoms with E-state index < -0.39 is 0 Å². The first kappa shape index (κ1) is 13.2. The van der Waals surface area contributed by atoms with Crippen LogP contribution in [0.15, 0.2) is 18.2 Å². The van der Waals surface area contributed by atoms with E-state index in [-0.39, 0.29) is 0 Å². The average molecular weight is 248 g/mol. The molecule has 0 radical (unpaired) electrons. The Bertz CT molecular complexity index is 395. The number of ether oxygens (including phenoxy) is 1. The molecule has 3 nitrogen and oxygen atoms in total. The fraction of sp³-hybridized carbons (Fsp3) is 0.600. The Balaban J connectivity index is 2.20. The van der Waals surface area contributed by atoms with Gasteiger partial charge in [0.05, 0.1) is 12.8 Å². The van der Waals surface area contributed by atoms with Gasteiger partial charge in [-0.2, -0.15) is 0 Å². The smallest absolute Gasteiger partial charge is 0.142 e. The molecule has 1 aliphatic heterocycles. The highest BCUT2D eigenvalue weighted by Gasteiger charge is 2.37. The van der Waals surface area contributed by atoms with Gasteiger partial charge in [-0.05, 0) is 23.0 Å². The molecule has 100 valence electrons. The molecule has 2 rings (SSSR count). The summed E-state index contributed by atoms with van der Waals surface area (Å²) in [7, 11) is 1.72. The molecule has 0 unspecified atom stereocenters. The monoisotopic (exact) mass is 248 g/mol. The highest BCUT2D eigenvalue weighted by molar-refractivity contribution is 5.65. The molecule has 0 atom stereocenters. The Morgan fingerprint density at radius 1 is 1.33 bits per heavy atom. The molecule has 0 aromatic heterocycles. The lowest BCUT2D eigenvalue weighted by Crippen LogP contribution is -2.52. The maximum atomic E-state index is 5.83. The minimum atomic E-state index is 0.376. The van der Waals surface area contributed by atoms with E-state index in [0.29, 0.717) is 12.0 Å². The number of nitrogens with zero attached hydrogens (tertiary/aromatic N) is 1. The zero-order valence-electron chi connectivity index (χ0n) is 11.9. The van der Waals surface area contributed by atoms with Crippen molar-refractivity contribution in [3.63, 3.8) is 0 Å². The second kappa shape index (κ2) is 4.81. The summed E-state index contributed by atoms with van der Waals surface area (Å²) in [6.07, 6.45) is 0. The zero-order valence-corrected chi connectivity index (χ0v) is 11.9. The molecule has 2 N–H and O–H groups in total. The quantitative estimate of drug-likeness (QED) is 0.893. The van der Waals surface area contributed by atoms with Crippen molar-refractivity contribution in [1.82, 2.24) is 0 Å². The summed E-state index contributed by atoms with van der Waals surface area (Å²) in [4.78, 5) is 2.39. The van der Waals surface area contributed by atoms with E-state index in [1.54, 1.807) is 7.11 Å². The molecule has 0 amide bonds. The van der Waals surface area contributed by atoms with Crippen molar-refractivity contribution >= 4 is 5.69 Å². The van der Waals surface area contributed by atoms with Crippen molar-refractivity contribution in [2.45, 2.75) is 27.3 Å². The first-order chi connectivity index (χ1) is 8.47. The maximum absolute atomic E-state index is 5.83. The number of rotatable bonds is 3. The maximum Gasteiger partial charge on any atom is 0.142 e. The van der Waals surface area contributed by atoms with Gasteiger partial charge < -0.3 is 15.4 Å². The van der Waals surface area contributed by atoms with E-state index in [1.807, 2.05) is 12.1 Å². The molecule has 1 aromatic rings. The third-order valence-electron chi connectivity index (χ3n) is 3.94. The molecule has 3 heteroatoms. The fourth-order valence-corrected chi connectivity index (χ4v) is 2.47. The number of benzene rings is 1. The molecule has 0 bridgehead atoms. The van der Waals surface area contributed by atoms with Gasteiger partial charge in [0.1, 0.15) is 5.75 Å². The summed E-state index contributed by atoms with van der Waals surface area (Å²) in [6, 6.07) is 6.10. The lowest BCUT2D eigenvalue weighted by atomic mass is 9.75. The Morgan fingerprint density at radius 3 is 2.50 bits per heavy atom. The molecule has 1 heterocycles. The van der Waals surface area contributed by atoms with Crippen LogP contribution in [0.5, 0.6) is 5.75 Å². The normalized spacial score (nSPS) is 16.6. The van der Waals surface area contributed by atoms with Crippen LogP contribution in [0.25, 0.3) is 0 Å². The molecule has 1 aromatic carbocycles. The first-order valence-corrected chi connectivity index (χ1v) is 6.58. The molecule has 1 fully saturated rings. The van der Waals surface area contributed by atoms with Gasteiger partial charge in [0.2, 0.25) is 0 Å². The third-order valence-corrected chi connectivity index (χ3v) is 3.94. The van der Waals surface area contributed by atoms with Gasteiger partial charge in [0, 0.05) is 19.6 Å². The fourth-order valence-electron chi connectivity index (χ4n) is 2.47. The van der Waals surface area contributed by atoms with E-state index in [9.17, 15) is 0 Å². The third kappa shape index (κ3) is 2.32. The summed E-state index contributed by atoms with van der Waals surface area (Å²) in [5, 5.41) is 0. The second-order valence-corrected chi connectivity index (χ2v) is 6.14. The molecule has 0 saturated carbocycles. The zero-order chi connectivity index (χ0) is 13.3. The topological polar surface area (TPSA) is 38.5 Å². The SMILES string of the molecule is COc1cccc(CN)c1N1CC(C(C)(C)C)C1. The highest BCUT2D eigenvalue weighted by atomic mass is 16.5. The van der Waals surface area contributed by atoms with Crippen molar-refractivity contribution < 1.29 is 4.74 Å². The number of methoxy groups -OCH3 is 1. The lowest BCUT2D eigenvalue weighted by Gasteiger charge is -2.48. The summed E-state index contributed by atoms with van der Waals surface area (Å²) in [5.74, 6) is 1.68. The van der Waals surface area contributed by atoms with E-state index in [1.165, 1.54) is 11.3 Å². The largest absolute Gasteiger partial charge is 0.495 e. The van der Waals surface area contributed by atoms with Crippen LogP contribution in [0.3, 0.4) is 0 Å². The molecular formula is C15H24N2O. The minimum Gasteiger partial charge on any atom is -0.495 e. The van der Waals surface area contributed by atoms with Gasteiger partial charge in [-0.25, -0.2) is 0 Å². The predicted molar refractivity (Wildman–Crippen MR) is 76.0 cm³/mol. The Kier molecular flexibility index (Phi) is 3.53. The van der Waals surface area contributed by atoms with Crippen LogP contribution in [-0.2, 0) is 6.54 Å². The van der Waals surface area contributed by atoms with E-state index in [0.717, 1.165) is 24.8 Å². The molecule has 18 heavy (non-hydrogen) atoms. The Hall–Kier alpha value is -1.22. The molecule has 0 aliphatic carbocycles. The van der Waals surface area contributed by atoms with Crippen LogP contribution in [-0.4, -0.2) is 20.2 Å². The van der Waals surface area contributed by atoms with Crippen LogP contribution in [0, 0.1) is 11.3 Å². The summed E-state index contributed by atoms with van der Waals surface area (Å²) < 4.78 is 5.47. The number of nitrogens with two attached hydrogens (primary N) is 1. The van der Waals surface area contributed by atoms with E-state index in [2.05, 4.69) is 31.7 Å². The number of anilines is 1. The average Bonchev–Trinajstić information content (AvgIpc) is 2.25. The van der Waals surface area contributed by atoms with E-state index >= 15 is 0 Å². The van der Waals surface area contributed by atoms with Crippen molar-refractivity contribution in [3.05, 3.63) is 23.8 Å². The first-order valence-electron chi connectivity index (χ1n) is 6.58. The highest BCUT2D eigenvalue weighted by Crippen LogP contribution is 2.41. The van der Waals surface area contributed by atoms with Gasteiger partial charge >= 0.3 is 0 Å². The van der Waals surface area contributed by atoms with Crippen LogP contribution in [0.2, 0.25) is 0 Å². The van der Waals surface area contributed by atoms with Crippen molar-refractivity contribution in [3.8, 4) is 5.75 Å². The number of para-hydroxylation sites is 1. The van der Waals surface area contributed by atoms with Crippen LogP contribution in [0.4, 0.5) is 5.69 Å². The van der Waals surface area contributed by atoms with Gasteiger partial charge in [0.15, 0.2) is 0 Å². The molecule has 1 aliphatic rings. The standard InChI is InChI=1S/C15H24N2O/c1-15(2,3)12-9-17(10-12)14-11(8-16)6-5-7-13(14)18-4/h5-7,12H,8-10,16H2,1-4H3. The van der Waals surface area contributed by atoms with Crippen LogP contribution >= 0.6 is 0 Å². The van der Waals surface area contributed by atoms with Crippen LogP contribution in [0.1, 0.15) is 26.3 Å². The van der Waals surface area contributed by atoms with Crippen molar-refractivity contribution in [2.24, 2.45) is 17.1 Å². The Labute approximate surface area is 110 Å². The van der Waals surface area contributed by atoms with Gasteiger partial charge in [-0.1, -0.05) is 32.9 Å². The van der Waals surface area contributed by atoms with Gasteiger partial charge in [0.25, 0.3) is 0 Å². The second-order valence-electron chi connectivity index (χ2n) is 6.14. The van der Waals surface area contributed by atoms with Gasteiger partial charge in [-0.15, -0.1) is 0 Å². The van der Waals surface area contributed by atoms with Crippen LogP contribution < -0.4 is 15.4 Å². The summed E-state index contributed by atoms with van der Waals surface area (Å²) >= 11 is 0. The Morgan fingerprint density at radius 2 is 2.00 bits per heavy atom. The molecule has 0 spiro atoms. The molecule has 1 saturated heterocycles. The van der Waals surface area contributed by atoms with E-state index in [4.69, 9.17) is 10.5 Å². The predicted octanol–water partition coefficient (Wildman–Crippen LogP) is 2.64. The number of hydrogen-bond donors (Lipinski definition) is 1. The van der Waals surface area contributed by atoms with Crippen molar-refractivity contribution in [1.29, 1.82) is 0 Å². The number of hydrogen-bond acceptors (Lipinski definition) is 3. The lowest BCUT2D eigenvalue weighted by molar-refractivity contribution is 0.194. The summed E-state index contributed by atoms with van der Waals surface area (Å²) in [6.45, 7) is 9.67. The summed E-state index contributed by atoms with van der Waals surface area (Å²) in [5.41, 5.74) is 8.56. The van der Waals surface area contributed by atoms with Gasteiger partial charge in [-0.3, -0.25) is 0 Å².